The Bertz CT molecular complexity index is 783. The summed E-state index contributed by atoms with van der Waals surface area (Å²) in [7, 11) is -8.07. The molecule has 0 saturated heterocycles. The second kappa shape index (κ2) is 8.18. The maximum absolute atomic E-state index is 10.6. The first-order valence-electron chi connectivity index (χ1n) is 6.09. The van der Waals surface area contributed by atoms with Gasteiger partial charge in [-0.3, -0.25) is 9.11 Å². The second-order valence-corrected chi connectivity index (χ2v) is 7.26. The van der Waals surface area contributed by atoms with E-state index in [1.54, 1.807) is 50.2 Å². The SMILES string of the molecule is Cc1ccccc1S(=O)(=O)O.Cc1ccccc1S(=O)(=O)O.O. The Hall–Kier alpha value is -1.78. The lowest BCUT2D eigenvalue weighted by Crippen LogP contribution is -1.99. The molecule has 23 heavy (non-hydrogen) atoms. The molecule has 7 nitrogen and oxygen atoms in total. The van der Waals surface area contributed by atoms with Crippen molar-refractivity contribution in [3.63, 3.8) is 0 Å². The van der Waals surface area contributed by atoms with Crippen LogP contribution in [0.1, 0.15) is 11.1 Å². The number of hydrogen-bond donors (Lipinski definition) is 2. The molecule has 0 aliphatic heterocycles. The molecule has 0 aromatic heterocycles. The highest BCUT2D eigenvalue weighted by atomic mass is 32.2. The Morgan fingerprint density at radius 3 is 1.09 bits per heavy atom. The number of rotatable bonds is 2. The van der Waals surface area contributed by atoms with E-state index in [0.717, 1.165) is 0 Å². The summed E-state index contributed by atoms with van der Waals surface area (Å²) in [5.41, 5.74) is 1.10. The molecule has 9 heteroatoms. The minimum Gasteiger partial charge on any atom is -0.412 e. The molecule has 0 heterocycles. The van der Waals surface area contributed by atoms with Gasteiger partial charge in [-0.25, -0.2) is 0 Å². The van der Waals surface area contributed by atoms with Crippen LogP contribution in [0.25, 0.3) is 0 Å². The van der Waals surface area contributed by atoms with E-state index < -0.39 is 20.2 Å². The molecule has 0 fully saturated rings. The minimum atomic E-state index is -4.03. The fourth-order valence-electron chi connectivity index (χ4n) is 1.69. The molecule has 128 valence electrons. The van der Waals surface area contributed by atoms with E-state index in [4.69, 9.17) is 9.11 Å². The molecule has 0 aliphatic rings. The standard InChI is InChI=1S/2C7H8O3S.H2O/c2*1-6-4-2-3-5-7(6)11(8,9)10;/h2*2-5H,1H3,(H,8,9,10);1H2. The third kappa shape index (κ3) is 6.47. The van der Waals surface area contributed by atoms with Crippen molar-refractivity contribution in [3.05, 3.63) is 59.7 Å². The van der Waals surface area contributed by atoms with Crippen molar-refractivity contribution in [1.29, 1.82) is 0 Å². The van der Waals surface area contributed by atoms with Crippen LogP contribution in [-0.4, -0.2) is 31.4 Å². The molecule has 0 spiro atoms. The summed E-state index contributed by atoms with van der Waals surface area (Å²) in [5.74, 6) is 0. The van der Waals surface area contributed by atoms with E-state index in [-0.39, 0.29) is 15.3 Å². The lowest BCUT2D eigenvalue weighted by Gasteiger charge is -1.99. The monoisotopic (exact) mass is 362 g/mol. The number of aryl methyl sites for hydroxylation is 2. The van der Waals surface area contributed by atoms with Crippen molar-refractivity contribution in [3.8, 4) is 0 Å². The van der Waals surface area contributed by atoms with Crippen molar-refractivity contribution in [2.45, 2.75) is 23.6 Å². The van der Waals surface area contributed by atoms with Gasteiger partial charge >= 0.3 is 0 Å². The fourth-order valence-corrected chi connectivity index (χ4v) is 3.14. The third-order valence-electron chi connectivity index (χ3n) is 2.74. The van der Waals surface area contributed by atoms with Gasteiger partial charge in [0.1, 0.15) is 0 Å². The lowest BCUT2D eigenvalue weighted by atomic mass is 10.2. The van der Waals surface area contributed by atoms with Crippen molar-refractivity contribution >= 4 is 20.2 Å². The third-order valence-corrected chi connectivity index (χ3v) is 4.77. The van der Waals surface area contributed by atoms with E-state index >= 15 is 0 Å². The molecule has 0 radical (unpaired) electrons. The van der Waals surface area contributed by atoms with Gasteiger partial charge < -0.3 is 5.48 Å². The predicted molar refractivity (Wildman–Crippen MR) is 85.6 cm³/mol. The molecule has 0 unspecified atom stereocenters. The second-order valence-electron chi connectivity index (χ2n) is 4.48. The first-order chi connectivity index (χ1) is 10.0. The Labute approximate surface area is 135 Å². The van der Waals surface area contributed by atoms with Gasteiger partial charge in [0, 0.05) is 0 Å². The predicted octanol–water partition coefficient (Wildman–Crippen LogP) is 1.66. The van der Waals surface area contributed by atoms with Crippen LogP contribution in [0.15, 0.2) is 58.3 Å². The zero-order chi connectivity index (χ0) is 17.0. The minimum absolute atomic E-state index is 0. The average Bonchev–Trinajstić information content (AvgIpc) is 2.37. The Morgan fingerprint density at radius 2 is 0.913 bits per heavy atom. The van der Waals surface area contributed by atoms with E-state index in [9.17, 15) is 16.8 Å². The number of benzene rings is 2. The molecule has 4 N–H and O–H groups in total. The van der Waals surface area contributed by atoms with E-state index in [2.05, 4.69) is 0 Å². The molecule has 2 rings (SSSR count). The molecule has 0 saturated carbocycles. The van der Waals surface area contributed by atoms with Crippen LogP contribution in [0.5, 0.6) is 0 Å². The van der Waals surface area contributed by atoms with Gasteiger partial charge in [0.2, 0.25) is 0 Å². The Morgan fingerprint density at radius 1 is 0.652 bits per heavy atom. The zero-order valence-electron chi connectivity index (χ0n) is 12.5. The highest BCUT2D eigenvalue weighted by molar-refractivity contribution is 7.86. The van der Waals surface area contributed by atoms with Crippen LogP contribution < -0.4 is 0 Å². The van der Waals surface area contributed by atoms with Crippen molar-refractivity contribution < 1.29 is 31.4 Å². The zero-order valence-corrected chi connectivity index (χ0v) is 14.1. The molecule has 2 aromatic rings. The summed E-state index contributed by atoms with van der Waals surface area (Å²) >= 11 is 0. The topological polar surface area (TPSA) is 140 Å². The fraction of sp³-hybridized carbons (Fsp3) is 0.143. The van der Waals surface area contributed by atoms with E-state index in [1.165, 1.54) is 12.1 Å². The Kier molecular flexibility index (Phi) is 7.55. The van der Waals surface area contributed by atoms with Gasteiger partial charge in [0.05, 0.1) is 9.79 Å². The molecule has 0 bridgehead atoms. The van der Waals surface area contributed by atoms with Gasteiger partial charge in [0.25, 0.3) is 20.2 Å². The summed E-state index contributed by atoms with van der Waals surface area (Å²) in [5, 5.41) is 0. The van der Waals surface area contributed by atoms with E-state index in [0.29, 0.717) is 11.1 Å². The van der Waals surface area contributed by atoms with Crippen LogP contribution in [0.4, 0.5) is 0 Å². The summed E-state index contributed by atoms with van der Waals surface area (Å²) < 4.78 is 59.7. The molecular weight excluding hydrogens is 344 g/mol. The van der Waals surface area contributed by atoms with E-state index in [1.807, 2.05) is 0 Å². The highest BCUT2D eigenvalue weighted by Gasteiger charge is 2.11. The molecule has 2 aromatic carbocycles. The van der Waals surface area contributed by atoms with Crippen LogP contribution in [0.2, 0.25) is 0 Å². The van der Waals surface area contributed by atoms with Gasteiger partial charge in [-0.15, -0.1) is 0 Å². The number of hydrogen-bond acceptors (Lipinski definition) is 4. The smallest absolute Gasteiger partial charge is 0.294 e. The summed E-state index contributed by atoms with van der Waals surface area (Å²) in [4.78, 5) is -0.0556. The van der Waals surface area contributed by atoms with Crippen LogP contribution in [0, 0.1) is 13.8 Å². The molecule has 0 amide bonds. The normalized spacial score (nSPS) is 11.0. The largest absolute Gasteiger partial charge is 0.412 e. The van der Waals surface area contributed by atoms with Crippen LogP contribution in [-0.2, 0) is 20.2 Å². The first-order valence-corrected chi connectivity index (χ1v) is 8.97. The maximum atomic E-state index is 10.6. The van der Waals surface area contributed by atoms with Gasteiger partial charge in [-0.1, -0.05) is 36.4 Å². The quantitative estimate of drug-likeness (QED) is 0.778. The average molecular weight is 362 g/mol. The molecular formula is C14H18O7S2. The van der Waals surface area contributed by atoms with Crippen molar-refractivity contribution in [2.75, 3.05) is 0 Å². The van der Waals surface area contributed by atoms with Gasteiger partial charge in [0.15, 0.2) is 0 Å². The first kappa shape index (κ1) is 21.2. The molecule has 0 atom stereocenters. The van der Waals surface area contributed by atoms with Gasteiger partial charge in [-0.2, -0.15) is 16.8 Å². The maximum Gasteiger partial charge on any atom is 0.294 e. The van der Waals surface area contributed by atoms with Gasteiger partial charge in [-0.05, 0) is 37.1 Å². The lowest BCUT2D eigenvalue weighted by molar-refractivity contribution is 0.480. The Balaban J connectivity index is 0.000000403. The highest BCUT2D eigenvalue weighted by Crippen LogP contribution is 2.13. The van der Waals surface area contributed by atoms with Crippen molar-refractivity contribution in [2.24, 2.45) is 0 Å². The summed E-state index contributed by atoms with van der Waals surface area (Å²) in [6.07, 6.45) is 0. The van der Waals surface area contributed by atoms with Crippen LogP contribution in [0.3, 0.4) is 0 Å². The summed E-state index contributed by atoms with van der Waals surface area (Å²) in [6.45, 7) is 3.26. The summed E-state index contributed by atoms with van der Waals surface area (Å²) in [6, 6.07) is 12.5. The van der Waals surface area contributed by atoms with Crippen LogP contribution >= 0.6 is 0 Å². The molecule has 0 aliphatic carbocycles. The van der Waals surface area contributed by atoms with Crippen molar-refractivity contribution in [1.82, 2.24) is 0 Å².